The summed E-state index contributed by atoms with van der Waals surface area (Å²) >= 11 is 3.36. The molecule has 0 aliphatic carbocycles. The predicted octanol–water partition coefficient (Wildman–Crippen LogP) is 1.61. The van der Waals surface area contributed by atoms with Crippen LogP contribution < -0.4 is 0 Å². The molecule has 2 heterocycles. The molecule has 0 unspecified atom stereocenters. The summed E-state index contributed by atoms with van der Waals surface area (Å²) in [5, 5.41) is 0. The molecular formula is C7H7BrN4. The second kappa shape index (κ2) is 2.82. The summed E-state index contributed by atoms with van der Waals surface area (Å²) < 4.78 is 2.80. The van der Waals surface area contributed by atoms with Gasteiger partial charge in [-0.15, -0.1) is 0 Å². The molecule has 2 aromatic heterocycles. The Morgan fingerprint density at radius 2 is 2.25 bits per heavy atom. The van der Waals surface area contributed by atoms with Crippen LogP contribution in [0, 0.1) is 0 Å². The molecule has 0 saturated carbocycles. The van der Waals surface area contributed by atoms with Gasteiger partial charge in [0.1, 0.15) is 16.4 Å². The fraction of sp³-hybridized carbons (Fsp3) is 0.286. The fourth-order valence-corrected chi connectivity index (χ4v) is 1.61. The van der Waals surface area contributed by atoms with Crippen molar-refractivity contribution in [2.24, 2.45) is 0 Å². The van der Waals surface area contributed by atoms with Gasteiger partial charge in [0, 0.05) is 6.54 Å². The summed E-state index contributed by atoms with van der Waals surface area (Å²) in [6.45, 7) is 2.93. The van der Waals surface area contributed by atoms with Crippen molar-refractivity contribution in [2.75, 3.05) is 0 Å². The zero-order chi connectivity index (χ0) is 8.55. The van der Waals surface area contributed by atoms with Gasteiger partial charge in [-0.3, -0.25) is 0 Å². The van der Waals surface area contributed by atoms with E-state index in [1.54, 1.807) is 6.33 Å². The van der Waals surface area contributed by atoms with Gasteiger partial charge in [-0.2, -0.15) is 0 Å². The smallest absolute Gasteiger partial charge is 0.181 e. The van der Waals surface area contributed by atoms with Crippen LogP contribution in [0.3, 0.4) is 0 Å². The van der Waals surface area contributed by atoms with Gasteiger partial charge >= 0.3 is 0 Å². The fourth-order valence-electron chi connectivity index (χ4n) is 1.11. The second-order valence-corrected chi connectivity index (χ2v) is 3.12. The molecule has 2 aromatic rings. The number of rotatable bonds is 1. The molecule has 5 heteroatoms. The topological polar surface area (TPSA) is 43.6 Å². The average Bonchev–Trinajstić information content (AvgIpc) is 2.49. The van der Waals surface area contributed by atoms with Crippen molar-refractivity contribution in [1.82, 2.24) is 19.5 Å². The highest BCUT2D eigenvalue weighted by molar-refractivity contribution is 9.10. The van der Waals surface area contributed by atoms with Gasteiger partial charge in [0.25, 0.3) is 0 Å². The number of aromatic nitrogens is 4. The van der Waals surface area contributed by atoms with Crippen LogP contribution in [-0.2, 0) is 6.54 Å². The number of hydrogen-bond donors (Lipinski definition) is 0. The molecule has 4 nitrogen and oxygen atoms in total. The van der Waals surface area contributed by atoms with Crippen LogP contribution in [0.1, 0.15) is 6.92 Å². The maximum atomic E-state index is 4.13. The molecule has 0 spiro atoms. The van der Waals surface area contributed by atoms with Crippen molar-refractivity contribution in [2.45, 2.75) is 13.5 Å². The maximum absolute atomic E-state index is 4.13. The molecule has 0 bridgehead atoms. The van der Waals surface area contributed by atoms with Crippen LogP contribution in [0.15, 0.2) is 17.3 Å². The summed E-state index contributed by atoms with van der Waals surface area (Å²) in [7, 11) is 0. The van der Waals surface area contributed by atoms with Gasteiger partial charge in [-0.25, -0.2) is 15.0 Å². The lowest BCUT2D eigenvalue weighted by Gasteiger charge is -1.98. The van der Waals surface area contributed by atoms with E-state index >= 15 is 0 Å². The maximum Gasteiger partial charge on any atom is 0.181 e. The van der Waals surface area contributed by atoms with Crippen molar-refractivity contribution in [3.05, 3.63) is 17.3 Å². The number of hydrogen-bond acceptors (Lipinski definition) is 3. The Bertz CT molecular complexity index is 409. The van der Waals surface area contributed by atoms with E-state index in [2.05, 4.69) is 37.8 Å². The van der Waals surface area contributed by atoms with Crippen molar-refractivity contribution in [3.63, 3.8) is 0 Å². The first kappa shape index (κ1) is 7.67. The van der Waals surface area contributed by atoms with Gasteiger partial charge in [0.05, 0.1) is 6.33 Å². The number of nitrogens with zero attached hydrogens (tertiary/aromatic N) is 4. The number of fused-ring (bicyclic) bond motifs is 1. The highest BCUT2D eigenvalue weighted by Gasteiger charge is 2.05. The van der Waals surface area contributed by atoms with E-state index in [4.69, 9.17) is 0 Å². The van der Waals surface area contributed by atoms with Crippen LogP contribution >= 0.6 is 15.9 Å². The highest BCUT2D eigenvalue weighted by atomic mass is 79.9. The molecule has 0 saturated heterocycles. The zero-order valence-electron chi connectivity index (χ0n) is 6.53. The van der Waals surface area contributed by atoms with Crippen molar-refractivity contribution < 1.29 is 0 Å². The van der Waals surface area contributed by atoms with Gasteiger partial charge in [-0.05, 0) is 22.9 Å². The molecule has 2 rings (SSSR count). The van der Waals surface area contributed by atoms with Gasteiger partial charge in [0.15, 0.2) is 5.65 Å². The Hall–Kier alpha value is -0.970. The molecule has 0 aliphatic rings. The third kappa shape index (κ3) is 1.01. The van der Waals surface area contributed by atoms with E-state index < -0.39 is 0 Å². The van der Waals surface area contributed by atoms with Gasteiger partial charge in [-0.1, -0.05) is 0 Å². The number of imidazole rings is 1. The lowest BCUT2D eigenvalue weighted by Crippen LogP contribution is -1.93. The van der Waals surface area contributed by atoms with E-state index in [-0.39, 0.29) is 0 Å². The molecule has 0 aliphatic heterocycles. The Morgan fingerprint density at radius 1 is 1.42 bits per heavy atom. The monoisotopic (exact) mass is 226 g/mol. The Balaban J connectivity index is 2.83. The van der Waals surface area contributed by atoms with E-state index in [1.165, 1.54) is 6.33 Å². The molecule has 0 radical (unpaired) electrons. The highest BCUT2D eigenvalue weighted by Crippen LogP contribution is 2.18. The summed E-state index contributed by atoms with van der Waals surface area (Å²) in [5.74, 6) is 0. The summed E-state index contributed by atoms with van der Waals surface area (Å²) in [5.41, 5.74) is 1.69. The minimum Gasteiger partial charge on any atom is -0.327 e. The summed E-state index contributed by atoms with van der Waals surface area (Å²) in [6, 6.07) is 0. The SMILES string of the molecule is CCn1cnc2ncnc(Br)c21. The lowest BCUT2D eigenvalue weighted by molar-refractivity contribution is 0.784. The van der Waals surface area contributed by atoms with Crippen molar-refractivity contribution in [3.8, 4) is 0 Å². The predicted molar refractivity (Wildman–Crippen MR) is 48.7 cm³/mol. The molecule has 0 fully saturated rings. The summed E-state index contributed by atoms with van der Waals surface area (Å²) in [4.78, 5) is 12.2. The van der Waals surface area contributed by atoms with Crippen LogP contribution in [-0.4, -0.2) is 19.5 Å². The average molecular weight is 227 g/mol. The molecule has 62 valence electrons. The van der Waals surface area contributed by atoms with E-state index in [0.29, 0.717) is 0 Å². The molecule has 0 aromatic carbocycles. The minimum absolute atomic E-state index is 0.735. The molecular weight excluding hydrogens is 220 g/mol. The molecule has 12 heavy (non-hydrogen) atoms. The van der Waals surface area contributed by atoms with Crippen LogP contribution in [0.5, 0.6) is 0 Å². The second-order valence-electron chi connectivity index (χ2n) is 2.37. The van der Waals surface area contributed by atoms with Gasteiger partial charge in [0.2, 0.25) is 0 Å². The Labute approximate surface area is 77.8 Å². The zero-order valence-corrected chi connectivity index (χ0v) is 8.11. The Kier molecular flexibility index (Phi) is 1.80. The third-order valence-corrected chi connectivity index (χ3v) is 2.29. The lowest BCUT2D eigenvalue weighted by atomic mass is 10.5. The van der Waals surface area contributed by atoms with Crippen molar-refractivity contribution >= 4 is 27.1 Å². The molecule has 0 N–H and O–H groups in total. The molecule has 0 atom stereocenters. The third-order valence-electron chi connectivity index (χ3n) is 1.71. The Morgan fingerprint density at radius 3 is 3.00 bits per heavy atom. The first-order chi connectivity index (χ1) is 5.83. The van der Waals surface area contributed by atoms with Crippen LogP contribution in [0.4, 0.5) is 0 Å². The van der Waals surface area contributed by atoms with Crippen molar-refractivity contribution in [1.29, 1.82) is 0 Å². The number of aryl methyl sites for hydroxylation is 1. The standard InChI is InChI=1S/C7H7BrN4/c1-2-12-4-11-7-5(12)6(8)9-3-10-7/h3-4H,2H2,1H3. The quantitative estimate of drug-likeness (QED) is 0.695. The first-order valence-corrected chi connectivity index (χ1v) is 4.43. The normalized spacial score (nSPS) is 10.8. The summed E-state index contributed by atoms with van der Waals surface area (Å²) in [6.07, 6.45) is 3.27. The molecule has 0 amide bonds. The van der Waals surface area contributed by atoms with Crippen LogP contribution in [0.2, 0.25) is 0 Å². The minimum atomic E-state index is 0.735. The van der Waals surface area contributed by atoms with E-state index in [9.17, 15) is 0 Å². The van der Waals surface area contributed by atoms with E-state index in [1.807, 2.05) is 4.57 Å². The largest absolute Gasteiger partial charge is 0.327 e. The van der Waals surface area contributed by atoms with Crippen LogP contribution in [0.25, 0.3) is 11.2 Å². The van der Waals surface area contributed by atoms with Gasteiger partial charge < -0.3 is 4.57 Å². The number of halogens is 1. The van der Waals surface area contributed by atoms with E-state index in [0.717, 1.165) is 22.3 Å². The first-order valence-electron chi connectivity index (χ1n) is 3.64.